The van der Waals surface area contributed by atoms with Gasteiger partial charge in [0.15, 0.2) is 0 Å². The Morgan fingerprint density at radius 1 is 1.11 bits per heavy atom. The maximum atomic E-state index is 11.5. The molecule has 0 amide bonds. The van der Waals surface area contributed by atoms with E-state index in [-0.39, 0.29) is 12.1 Å². The minimum atomic E-state index is -0.749. The fourth-order valence-electron chi connectivity index (χ4n) is 2.47. The molecule has 0 aliphatic carbocycles. The van der Waals surface area contributed by atoms with Crippen LogP contribution in [0.25, 0.3) is 0 Å². The van der Waals surface area contributed by atoms with E-state index in [1.54, 1.807) is 0 Å². The van der Waals surface area contributed by atoms with Gasteiger partial charge in [-0.05, 0) is 39.7 Å². The number of rotatable bonds is 6. The molecule has 1 N–H and O–H groups in total. The molecule has 1 unspecified atom stereocenters. The van der Waals surface area contributed by atoms with Crippen LogP contribution in [-0.2, 0) is 11.2 Å². The molecule has 1 atom stereocenters. The van der Waals surface area contributed by atoms with Crippen LogP contribution >= 0.6 is 0 Å². The highest BCUT2D eigenvalue weighted by atomic mass is 16.4. The van der Waals surface area contributed by atoms with Crippen molar-refractivity contribution in [3.05, 3.63) is 35.9 Å². The molecule has 0 radical (unpaired) electrons. The van der Waals surface area contributed by atoms with Crippen LogP contribution in [0.1, 0.15) is 33.3 Å². The van der Waals surface area contributed by atoms with Gasteiger partial charge in [-0.25, -0.2) is 0 Å². The molecule has 0 aliphatic heterocycles. The summed E-state index contributed by atoms with van der Waals surface area (Å²) in [6.07, 6.45) is 0.548. The lowest BCUT2D eigenvalue weighted by Gasteiger charge is -2.35. The predicted molar refractivity (Wildman–Crippen MR) is 73.7 cm³/mol. The van der Waals surface area contributed by atoms with Gasteiger partial charge in [0.2, 0.25) is 0 Å². The van der Waals surface area contributed by atoms with Crippen molar-refractivity contribution in [1.82, 2.24) is 4.90 Å². The van der Waals surface area contributed by atoms with Crippen LogP contribution in [0, 0.1) is 0 Å². The fraction of sp³-hybridized carbons (Fsp3) is 0.533. The van der Waals surface area contributed by atoms with E-state index in [1.165, 1.54) is 0 Å². The van der Waals surface area contributed by atoms with Crippen LogP contribution in [-0.4, -0.2) is 34.1 Å². The van der Waals surface area contributed by atoms with Gasteiger partial charge >= 0.3 is 5.97 Å². The molecule has 100 valence electrons. The number of hydrogen-bond acceptors (Lipinski definition) is 2. The lowest BCUT2D eigenvalue weighted by molar-refractivity contribution is -0.145. The summed E-state index contributed by atoms with van der Waals surface area (Å²) in [5.74, 6) is -0.749. The van der Waals surface area contributed by atoms with E-state index in [2.05, 4.69) is 4.90 Å². The van der Waals surface area contributed by atoms with Gasteiger partial charge < -0.3 is 5.11 Å². The molecule has 0 bridgehead atoms. The summed E-state index contributed by atoms with van der Waals surface area (Å²) in [4.78, 5) is 13.6. The Kier molecular flexibility index (Phi) is 5.35. The maximum Gasteiger partial charge on any atom is 0.321 e. The van der Waals surface area contributed by atoms with Gasteiger partial charge in [0.25, 0.3) is 0 Å². The molecule has 0 fully saturated rings. The Morgan fingerprint density at radius 3 is 2.00 bits per heavy atom. The van der Waals surface area contributed by atoms with Crippen molar-refractivity contribution in [2.45, 2.75) is 52.2 Å². The lowest BCUT2D eigenvalue weighted by Crippen LogP contribution is -2.50. The second-order valence-electron chi connectivity index (χ2n) is 5.18. The number of carboxylic acid groups (broad SMARTS) is 1. The highest BCUT2D eigenvalue weighted by Crippen LogP contribution is 2.16. The third kappa shape index (κ3) is 3.84. The SMILES string of the molecule is CC(C)N(C(C)C)C(Cc1ccccc1)C(=O)O. The smallest absolute Gasteiger partial charge is 0.321 e. The average Bonchev–Trinajstić information content (AvgIpc) is 2.28. The monoisotopic (exact) mass is 249 g/mol. The molecular weight excluding hydrogens is 226 g/mol. The molecule has 0 spiro atoms. The Morgan fingerprint density at radius 2 is 1.61 bits per heavy atom. The fourth-order valence-corrected chi connectivity index (χ4v) is 2.47. The first kappa shape index (κ1) is 14.7. The standard InChI is InChI=1S/C15H23NO2/c1-11(2)16(12(3)4)14(15(17)18)10-13-8-6-5-7-9-13/h5-9,11-12,14H,10H2,1-4H3,(H,17,18). The topological polar surface area (TPSA) is 40.5 Å². The number of nitrogens with zero attached hydrogens (tertiary/aromatic N) is 1. The summed E-state index contributed by atoms with van der Waals surface area (Å²) >= 11 is 0. The molecule has 0 aromatic heterocycles. The van der Waals surface area contributed by atoms with Crippen LogP contribution in [0.3, 0.4) is 0 Å². The van der Waals surface area contributed by atoms with E-state index in [0.29, 0.717) is 6.42 Å². The summed E-state index contributed by atoms with van der Waals surface area (Å²) in [6.45, 7) is 8.17. The number of carbonyl (C=O) groups is 1. The summed E-state index contributed by atoms with van der Waals surface area (Å²) in [6, 6.07) is 9.77. The van der Waals surface area contributed by atoms with Crippen molar-refractivity contribution in [2.75, 3.05) is 0 Å². The van der Waals surface area contributed by atoms with E-state index in [9.17, 15) is 9.90 Å². The number of benzene rings is 1. The highest BCUT2D eigenvalue weighted by molar-refractivity contribution is 5.74. The van der Waals surface area contributed by atoms with Gasteiger partial charge in [0.1, 0.15) is 6.04 Å². The minimum Gasteiger partial charge on any atom is -0.480 e. The van der Waals surface area contributed by atoms with Crippen molar-refractivity contribution in [3.8, 4) is 0 Å². The van der Waals surface area contributed by atoms with E-state index in [0.717, 1.165) is 5.56 Å². The largest absolute Gasteiger partial charge is 0.480 e. The Labute approximate surface area is 109 Å². The average molecular weight is 249 g/mol. The molecular formula is C15H23NO2. The first-order valence-electron chi connectivity index (χ1n) is 6.47. The lowest BCUT2D eigenvalue weighted by atomic mass is 10.0. The van der Waals surface area contributed by atoms with Gasteiger partial charge in [0.05, 0.1) is 0 Å². The molecule has 0 heterocycles. The van der Waals surface area contributed by atoms with Crippen molar-refractivity contribution in [2.24, 2.45) is 0 Å². The molecule has 3 heteroatoms. The summed E-state index contributed by atoms with van der Waals surface area (Å²) in [7, 11) is 0. The summed E-state index contributed by atoms with van der Waals surface area (Å²) in [5.41, 5.74) is 1.07. The first-order chi connectivity index (χ1) is 8.43. The third-order valence-electron chi connectivity index (χ3n) is 3.11. The predicted octanol–water partition coefficient (Wildman–Crippen LogP) is 2.80. The minimum absolute atomic E-state index is 0.217. The van der Waals surface area contributed by atoms with Crippen LogP contribution in [0.15, 0.2) is 30.3 Å². The quantitative estimate of drug-likeness (QED) is 0.842. The molecule has 0 saturated heterocycles. The molecule has 3 nitrogen and oxygen atoms in total. The van der Waals surface area contributed by atoms with Crippen LogP contribution in [0.4, 0.5) is 0 Å². The molecule has 1 aromatic rings. The maximum absolute atomic E-state index is 11.5. The van der Waals surface area contributed by atoms with Gasteiger partial charge in [0, 0.05) is 12.1 Å². The number of aliphatic carboxylic acids is 1. The van der Waals surface area contributed by atoms with Crippen LogP contribution < -0.4 is 0 Å². The zero-order valence-electron chi connectivity index (χ0n) is 11.6. The Bertz CT molecular complexity index is 365. The van der Waals surface area contributed by atoms with E-state index >= 15 is 0 Å². The van der Waals surface area contributed by atoms with Gasteiger partial charge in [-0.1, -0.05) is 30.3 Å². The normalized spacial score (nSPS) is 13.3. The van der Waals surface area contributed by atoms with Crippen molar-refractivity contribution in [1.29, 1.82) is 0 Å². The molecule has 18 heavy (non-hydrogen) atoms. The summed E-state index contributed by atoms with van der Waals surface area (Å²) < 4.78 is 0. The third-order valence-corrected chi connectivity index (χ3v) is 3.11. The van der Waals surface area contributed by atoms with Gasteiger partial charge in [-0.2, -0.15) is 0 Å². The molecule has 1 rings (SSSR count). The van der Waals surface area contributed by atoms with E-state index in [1.807, 2.05) is 58.0 Å². The molecule has 0 saturated carbocycles. The van der Waals surface area contributed by atoms with Gasteiger partial charge in [-0.15, -0.1) is 0 Å². The molecule has 0 aliphatic rings. The molecule has 1 aromatic carbocycles. The zero-order chi connectivity index (χ0) is 13.7. The van der Waals surface area contributed by atoms with E-state index < -0.39 is 12.0 Å². The van der Waals surface area contributed by atoms with Crippen molar-refractivity contribution >= 4 is 5.97 Å². The van der Waals surface area contributed by atoms with Crippen LogP contribution in [0.5, 0.6) is 0 Å². The summed E-state index contributed by atoms with van der Waals surface area (Å²) in [5, 5.41) is 9.46. The van der Waals surface area contributed by atoms with Crippen LogP contribution in [0.2, 0.25) is 0 Å². The second kappa shape index (κ2) is 6.55. The van der Waals surface area contributed by atoms with Crippen molar-refractivity contribution < 1.29 is 9.90 Å². The Hall–Kier alpha value is -1.35. The number of hydrogen-bond donors (Lipinski definition) is 1. The van der Waals surface area contributed by atoms with Crippen molar-refractivity contribution in [3.63, 3.8) is 0 Å². The number of carboxylic acids is 1. The Balaban J connectivity index is 2.92. The zero-order valence-corrected chi connectivity index (χ0v) is 11.6. The second-order valence-corrected chi connectivity index (χ2v) is 5.18. The van der Waals surface area contributed by atoms with Gasteiger partial charge in [-0.3, -0.25) is 9.69 Å². The van der Waals surface area contributed by atoms with E-state index in [4.69, 9.17) is 0 Å². The first-order valence-corrected chi connectivity index (χ1v) is 6.47. The highest BCUT2D eigenvalue weighted by Gasteiger charge is 2.29.